The molecule has 3 rings (SSSR count). The van der Waals surface area contributed by atoms with Gasteiger partial charge in [-0.25, -0.2) is 4.79 Å². The number of carbonyl (C=O) groups is 1. The van der Waals surface area contributed by atoms with Crippen molar-refractivity contribution in [2.75, 3.05) is 6.54 Å². The van der Waals surface area contributed by atoms with Gasteiger partial charge in [0.1, 0.15) is 5.75 Å². The fraction of sp³-hybridized carbons (Fsp3) is 0.391. The van der Waals surface area contributed by atoms with E-state index in [0.29, 0.717) is 17.7 Å². The smallest absolute Gasteiger partial charge is 0.345 e. The maximum atomic E-state index is 12.3. The number of hydrogen-bond donors (Lipinski definition) is 4. The SMILES string of the molecule is CCCCCNCc1cc2cc(-c3[nH]c(=O)c(C(=O)O)c(O)c3CC)ccc2n1C. The van der Waals surface area contributed by atoms with Gasteiger partial charge in [-0.15, -0.1) is 0 Å². The van der Waals surface area contributed by atoms with E-state index in [2.05, 4.69) is 27.9 Å². The van der Waals surface area contributed by atoms with E-state index in [1.54, 1.807) is 0 Å². The van der Waals surface area contributed by atoms with Crippen molar-refractivity contribution in [1.82, 2.24) is 14.9 Å². The average molecular weight is 412 g/mol. The number of benzene rings is 1. The van der Waals surface area contributed by atoms with Crippen molar-refractivity contribution in [3.8, 4) is 17.0 Å². The van der Waals surface area contributed by atoms with E-state index < -0.39 is 22.8 Å². The van der Waals surface area contributed by atoms with Crippen LogP contribution in [-0.2, 0) is 20.0 Å². The molecule has 0 amide bonds. The Hall–Kier alpha value is -3.06. The van der Waals surface area contributed by atoms with Crippen LogP contribution in [-0.4, -0.2) is 32.3 Å². The van der Waals surface area contributed by atoms with Gasteiger partial charge in [-0.3, -0.25) is 4.79 Å². The molecule has 0 aliphatic heterocycles. The van der Waals surface area contributed by atoms with Gasteiger partial charge < -0.3 is 25.1 Å². The number of aromatic carboxylic acids is 1. The summed E-state index contributed by atoms with van der Waals surface area (Å²) in [6.07, 6.45) is 3.96. The fourth-order valence-electron chi connectivity index (χ4n) is 3.87. The molecule has 7 heteroatoms. The summed E-state index contributed by atoms with van der Waals surface area (Å²) in [7, 11) is 2.03. The van der Waals surface area contributed by atoms with Crippen LogP contribution in [0, 0.1) is 0 Å². The van der Waals surface area contributed by atoms with E-state index in [0.717, 1.165) is 41.7 Å². The minimum atomic E-state index is -1.44. The summed E-state index contributed by atoms with van der Waals surface area (Å²) in [4.78, 5) is 26.2. The molecule has 0 bridgehead atoms. The fourth-order valence-corrected chi connectivity index (χ4v) is 3.87. The van der Waals surface area contributed by atoms with Crippen LogP contribution in [0.15, 0.2) is 29.1 Å². The molecule has 0 radical (unpaired) electrons. The lowest BCUT2D eigenvalue weighted by Crippen LogP contribution is -2.20. The Labute approximate surface area is 175 Å². The monoisotopic (exact) mass is 411 g/mol. The van der Waals surface area contributed by atoms with Gasteiger partial charge in [0.25, 0.3) is 5.56 Å². The highest BCUT2D eigenvalue weighted by atomic mass is 16.4. The zero-order chi connectivity index (χ0) is 21.8. The van der Waals surface area contributed by atoms with Crippen molar-refractivity contribution in [2.45, 2.75) is 46.1 Å². The third-order valence-electron chi connectivity index (χ3n) is 5.55. The topological polar surface area (TPSA) is 107 Å². The Morgan fingerprint density at radius 3 is 2.63 bits per heavy atom. The number of aromatic hydroxyl groups is 1. The van der Waals surface area contributed by atoms with Crippen LogP contribution in [0.5, 0.6) is 5.75 Å². The molecule has 7 nitrogen and oxygen atoms in total. The third kappa shape index (κ3) is 4.11. The van der Waals surface area contributed by atoms with E-state index >= 15 is 0 Å². The number of fused-ring (bicyclic) bond motifs is 1. The quantitative estimate of drug-likeness (QED) is 0.401. The number of aryl methyl sites for hydroxylation is 1. The summed E-state index contributed by atoms with van der Waals surface area (Å²) >= 11 is 0. The number of carboxylic acids is 1. The zero-order valence-corrected chi connectivity index (χ0v) is 17.7. The predicted octanol–water partition coefficient (Wildman–Crippen LogP) is 3.78. The summed E-state index contributed by atoms with van der Waals surface area (Å²) in [6, 6.07) is 7.93. The molecule has 30 heavy (non-hydrogen) atoms. The Bertz CT molecular complexity index is 1130. The van der Waals surface area contributed by atoms with Crippen LogP contribution >= 0.6 is 0 Å². The number of carboxylic acid groups (broad SMARTS) is 1. The Kier molecular flexibility index (Phi) is 6.62. The molecule has 0 saturated carbocycles. The van der Waals surface area contributed by atoms with Crippen molar-refractivity contribution in [3.05, 3.63) is 51.4 Å². The highest BCUT2D eigenvalue weighted by molar-refractivity contribution is 5.92. The second kappa shape index (κ2) is 9.17. The predicted molar refractivity (Wildman–Crippen MR) is 118 cm³/mol. The van der Waals surface area contributed by atoms with Crippen LogP contribution in [0.3, 0.4) is 0 Å². The minimum absolute atomic E-state index is 0.387. The molecule has 0 aliphatic carbocycles. The molecular weight excluding hydrogens is 382 g/mol. The normalized spacial score (nSPS) is 11.3. The zero-order valence-electron chi connectivity index (χ0n) is 17.7. The van der Waals surface area contributed by atoms with Gasteiger partial charge in [0, 0.05) is 35.8 Å². The first-order valence-electron chi connectivity index (χ1n) is 10.4. The Morgan fingerprint density at radius 1 is 1.20 bits per heavy atom. The molecule has 160 valence electrons. The van der Waals surface area contributed by atoms with Crippen molar-refractivity contribution in [3.63, 3.8) is 0 Å². The molecule has 4 N–H and O–H groups in total. The van der Waals surface area contributed by atoms with Gasteiger partial charge >= 0.3 is 5.97 Å². The summed E-state index contributed by atoms with van der Waals surface area (Å²) in [5.41, 5.74) is 2.40. The molecular formula is C23H29N3O4. The number of unbranched alkanes of at least 4 members (excludes halogenated alkanes) is 2. The first kappa shape index (κ1) is 21.6. The molecule has 2 heterocycles. The van der Waals surface area contributed by atoms with E-state index in [-0.39, 0.29) is 0 Å². The second-order valence-electron chi connectivity index (χ2n) is 7.54. The summed E-state index contributed by atoms with van der Waals surface area (Å²) in [5, 5.41) is 24.1. The van der Waals surface area contributed by atoms with Crippen molar-refractivity contribution in [2.24, 2.45) is 7.05 Å². The van der Waals surface area contributed by atoms with Crippen LogP contribution in [0.25, 0.3) is 22.2 Å². The lowest BCUT2D eigenvalue weighted by atomic mass is 9.99. The van der Waals surface area contributed by atoms with Gasteiger partial charge in [0.15, 0.2) is 5.56 Å². The van der Waals surface area contributed by atoms with Crippen LogP contribution in [0.1, 0.15) is 54.7 Å². The number of nitrogens with one attached hydrogen (secondary N) is 2. The number of pyridine rings is 1. The molecule has 0 fully saturated rings. The van der Waals surface area contributed by atoms with Gasteiger partial charge in [-0.1, -0.05) is 32.8 Å². The molecule has 3 aromatic rings. The van der Waals surface area contributed by atoms with Crippen LogP contribution < -0.4 is 10.9 Å². The summed E-state index contributed by atoms with van der Waals surface area (Å²) in [5.74, 6) is -1.90. The number of H-pyrrole nitrogens is 1. The number of aromatic nitrogens is 2. The number of nitrogens with zero attached hydrogens (tertiary/aromatic N) is 1. The first-order valence-corrected chi connectivity index (χ1v) is 10.4. The Balaban J connectivity index is 1.98. The van der Waals surface area contributed by atoms with Crippen molar-refractivity contribution >= 4 is 16.9 Å². The van der Waals surface area contributed by atoms with Gasteiger partial charge in [0.05, 0.1) is 5.69 Å². The molecule has 0 atom stereocenters. The molecule has 0 unspecified atom stereocenters. The molecule has 2 aromatic heterocycles. The third-order valence-corrected chi connectivity index (χ3v) is 5.55. The average Bonchev–Trinajstić information content (AvgIpc) is 3.02. The van der Waals surface area contributed by atoms with E-state index in [4.69, 9.17) is 0 Å². The Morgan fingerprint density at radius 2 is 1.97 bits per heavy atom. The molecule has 1 aromatic carbocycles. The van der Waals surface area contributed by atoms with Crippen LogP contribution in [0.4, 0.5) is 0 Å². The van der Waals surface area contributed by atoms with Crippen molar-refractivity contribution < 1.29 is 15.0 Å². The standard InChI is InChI=1S/C23H29N3O4/c1-4-6-7-10-24-13-16-12-15-11-14(8-9-18(15)26(16)3)20-17(5-2)21(27)19(23(29)30)22(28)25-20/h8-9,11-12,24H,4-7,10,13H2,1-3H3,(H,29,30)(H2,25,27,28). The van der Waals surface area contributed by atoms with E-state index in [1.165, 1.54) is 12.8 Å². The molecule has 0 spiro atoms. The summed E-state index contributed by atoms with van der Waals surface area (Å²) < 4.78 is 2.14. The number of aromatic amines is 1. The highest BCUT2D eigenvalue weighted by Gasteiger charge is 2.22. The largest absolute Gasteiger partial charge is 0.506 e. The first-order chi connectivity index (χ1) is 14.4. The van der Waals surface area contributed by atoms with E-state index in [9.17, 15) is 19.8 Å². The molecule has 0 aliphatic rings. The van der Waals surface area contributed by atoms with Gasteiger partial charge in [0.2, 0.25) is 0 Å². The number of rotatable bonds is 9. The van der Waals surface area contributed by atoms with Gasteiger partial charge in [-0.2, -0.15) is 0 Å². The van der Waals surface area contributed by atoms with Crippen LogP contribution in [0.2, 0.25) is 0 Å². The lowest BCUT2D eigenvalue weighted by Gasteiger charge is -2.12. The second-order valence-corrected chi connectivity index (χ2v) is 7.54. The van der Waals surface area contributed by atoms with Gasteiger partial charge in [-0.05, 0) is 43.1 Å². The number of hydrogen-bond acceptors (Lipinski definition) is 4. The summed E-state index contributed by atoms with van der Waals surface area (Å²) in [6.45, 7) is 5.76. The van der Waals surface area contributed by atoms with Crippen molar-refractivity contribution in [1.29, 1.82) is 0 Å². The minimum Gasteiger partial charge on any atom is -0.506 e. The maximum Gasteiger partial charge on any atom is 0.345 e. The highest BCUT2D eigenvalue weighted by Crippen LogP contribution is 2.32. The lowest BCUT2D eigenvalue weighted by molar-refractivity contribution is 0.0691. The maximum absolute atomic E-state index is 12.3. The molecule has 0 saturated heterocycles. The van der Waals surface area contributed by atoms with E-state index in [1.807, 2.05) is 32.2 Å².